The summed E-state index contributed by atoms with van der Waals surface area (Å²) in [6, 6.07) is 0. The van der Waals surface area contributed by atoms with E-state index in [2.05, 4.69) is 41.5 Å². The maximum absolute atomic E-state index is 13.1. The van der Waals surface area contributed by atoms with Gasteiger partial charge in [0.25, 0.3) is 0 Å². The predicted octanol–water partition coefficient (Wildman–Crippen LogP) is 21.9. The number of aliphatic hydroxyl groups excluding tert-OH is 1. The molecule has 558 valence electrons. The Balaban J connectivity index is 5.14. The molecule has 19 heteroatoms. The average molecular weight is 1380 g/mol. The van der Waals surface area contributed by atoms with Crippen molar-refractivity contribution in [1.82, 2.24) is 0 Å². The van der Waals surface area contributed by atoms with E-state index >= 15 is 0 Å². The third-order valence-electron chi connectivity index (χ3n) is 17.5. The molecular weight excluding hydrogens is 1230 g/mol. The lowest BCUT2D eigenvalue weighted by Gasteiger charge is -2.21. The van der Waals surface area contributed by atoms with Crippen LogP contribution >= 0.6 is 15.6 Å². The molecule has 0 bridgehead atoms. The molecule has 0 spiro atoms. The van der Waals surface area contributed by atoms with Gasteiger partial charge in [0.1, 0.15) is 19.3 Å². The zero-order valence-corrected chi connectivity index (χ0v) is 63.1. The summed E-state index contributed by atoms with van der Waals surface area (Å²) >= 11 is 0. The fraction of sp³-hybridized carbons (Fsp3) is 0.947. The molecule has 0 saturated heterocycles. The fourth-order valence-corrected chi connectivity index (χ4v) is 13.1. The Kier molecular flexibility index (Phi) is 65.5. The summed E-state index contributed by atoms with van der Waals surface area (Å²) in [5, 5.41) is 10.6. The van der Waals surface area contributed by atoms with Gasteiger partial charge >= 0.3 is 39.5 Å². The quantitative estimate of drug-likeness (QED) is 0.0222. The number of carbonyl (C=O) groups is 4. The van der Waals surface area contributed by atoms with Crippen molar-refractivity contribution >= 4 is 39.5 Å². The second-order valence-electron chi connectivity index (χ2n) is 28.0. The lowest BCUT2D eigenvalue weighted by atomic mass is 10.0. The molecule has 0 aliphatic heterocycles. The highest BCUT2D eigenvalue weighted by Gasteiger charge is 2.30. The second-order valence-corrected chi connectivity index (χ2v) is 30.9. The zero-order chi connectivity index (χ0) is 69.3. The van der Waals surface area contributed by atoms with Crippen molar-refractivity contribution < 1.29 is 80.2 Å². The second kappa shape index (κ2) is 66.9. The number of rotatable bonds is 74. The summed E-state index contributed by atoms with van der Waals surface area (Å²) < 4.78 is 68.3. The molecular formula is C75H146O17P2. The van der Waals surface area contributed by atoms with E-state index in [0.29, 0.717) is 25.7 Å². The van der Waals surface area contributed by atoms with E-state index in [1.54, 1.807) is 0 Å². The number of esters is 4. The minimum atomic E-state index is -4.95. The van der Waals surface area contributed by atoms with Crippen molar-refractivity contribution in [1.29, 1.82) is 0 Å². The number of phosphoric acid groups is 2. The van der Waals surface area contributed by atoms with Crippen molar-refractivity contribution in [3.63, 3.8) is 0 Å². The highest BCUT2D eigenvalue weighted by Crippen LogP contribution is 2.45. The van der Waals surface area contributed by atoms with Crippen molar-refractivity contribution in [2.45, 2.75) is 407 Å². The third-order valence-corrected chi connectivity index (χ3v) is 19.4. The van der Waals surface area contributed by atoms with Crippen LogP contribution in [0.2, 0.25) is 0 Å². The van der Waals surface area contributed by atoms with Gasteiger partial charge in [0.15, 0.2) is 12.2 Å². The highest BCUT2D eigenvalue weighted by molar-refractivity contribution is 7.47. The van der Waals surface area contributed by atoms with Crippen LogP contribution in [0, 0.1) is 11.8 Å². The van der Waals surface area contributed by atoms with E-state index < -0.39 is 97.5 Å². The Morgan fingerprint density at radius 2 is 0.489 bits per heavy atom. The molecule has 0 amide bonds. The molecule has 0 saturated carbocycles. The van der Waals surface area contributed by atoms with Crippen molar-refractivity contribution in [2.75, 3.05) is 39.6 Å². The topological polar surface area (TPSA) is 237 Å². The van der Waals surface area contributed by atoms with Crippen molar-refractivity contribution in [3.8, 4) is 0 Å². The molecule has 0 rings (SSSR count). The summed E-state index contributed by atoms with van der Waals surface area (Å²) in [5.41, 5.74) is 0. The molecule has 0 heterocycles. The Bertz CT molecular complexity index is 1820. The summed E-state index contributed by atoms with van der Waals surface area (Å²) in [6.45, 7) is 9.56. The Labute approximate surface area is 575 Å². The third kappa shape index (κ3) is 68.6. The molecule has 0 aromatic heterocycles. The van der Waals surface area contributed by atoms with Gasteiger partial charge < -0.3 is 33.8 Å². The van der Waals surface area contributed by atoms with Crippen LogP contribution in [0.4, 0.5) is 0 Å². The van der Waals surface area contributed by atoms with Gasteiger partial charge in [0.05, 0.1) is 26.4 Å². The van der Waals surface area contributed by atoms with Crippen LogP contribution in [0.5, 0.6) is 0 Å². The molecule has 3 N–H and O–H groups in total. The SMILES string of the molecule is CCCCCCCCCCCCCCCC(=O)O[C@H](COC(=O)CCCCCCC)COP(=O)(O)OC[C@H](O)COP(=O)(O)OC[C@@H](COC(=O)CCCCCCCCCCCCCCCCC(C)C)OC(=O)CCCCCCCCCCCCCCCCCCC(C)C. The normalized spacial score (nSPS) is 14.0. The number of ether oxygens (including phenoxy) is 4. The molecule has 0 aliphatic rings. The number of carbonyl (C=O) groups excluding carboxylic acids is 4. The fourth-order valence-electron chi connectivity index (χ4n) is 11.5. The van der Waals surface area contributed by atoms with Crippen LogP contribution < -0.4 is 0 Å². The number of aliphatic hydroxyl groups is 1. The van der Waals surface area contributed by atoms with Gasteiger partial charge in [-0.1, -0.05) is 337 Å². The first-order chi connectivity index (χ1) is 45.4. The maximum Gasteiger partial charge on any atom is 0.472 e. The van der Waals surface area contributed by atoms with Gasteiger partial charge in [-0.05, 0) is 37.5 Å². The lowest BCUT2D eigenvalue weighted by Crippen LogP contribution is -2.30. The summed E-state index contributed by atoms with van der Waals surface area (Å²) in [4.78, 5) is 72.5. The van der Waals surface area contributed by atoms with Crippen molar-refractivity contribution in [3.05, 3.63) is 0 Å². The van der Waals surface area contributed by atoms with Gasteiger partial charge in [-0.25, -0.2) is 9.13 Å². The van der Waals surface area contributed by atoms with E-state index in [4.69, 9.17) is 37.0 Å². The Hall–Kier alpha value is -1.94. The van der Waals surface area contributed by atoms with E-state index in [-0.39, 0.29) is 25.7 Å². The predicted molar refractivity (Wildman–Crippen MR) is 381 cm³/mol. The number of hydrogen-bond donors (Lipinski definition) is 3. The van der Waals surface area contributed by atoms with E-state index in [1.165, 1.54) is 199 Å². The largest absolute Gasteiger partial charge is 0.472 e. The van der Waals surface area contributed by atoms with Crippen LogP contribution in [-0.4, -0.2) is 96.7 Å². The molecule has 0 fully saturated rings. The van der Waals surface area contributed by atoms with E-state index in [0.717, 1.165) is 108 Å². The summed E-state index contributed by atoms with van der Waals surface area (Å²) in [7, 11) is -9.90. The van der Waals surface area contributed by atoms with Crippen LogP contribution in [0.1, 0.15) is 388 Å². The highest BCUT2D eigenvalue weighted by atomic mass is 31.2. The van der Waals surface area contributed by atoms with Crippen LogP contribution in [0.15, 0.2) is 0 Å². The molecule has 0 aliphatic carbocycles. The van der Waals surface area contributed by atoms with Gasteiger partial charge in [-0.2, -0.15) is 0 Å². The van der Waals surface area contributed by atoms with Gasteiger partial charge in [-0.15, -0.1) is 0 Å². The molecule has 0 radical (unpaired) electrons. The first-order valence-electron chi connectivity index (χ1n) is 39.0. The minimum absolute atomic E-state index is 0.107. The smallest absolute Gasteiger partial charge is 0.462 e. The number of phosphoric ester groups is 2. The molecule has 0 aromatic rings. The first kappa shape index (κ1) is 92.1. The Morgan fingerprint density at radius 1 is 0.287 bits per heavy atom. The molecule has 0 aromatic carbocycles. The van der Waals surface area contributed by atoms with E-state index in [9.17, 15) is 43.2 Å². The minimum Gasteiger partial charge on any atom is -0.462 e. The van der Waals surface area contributed by atoms with Crippen LogP contribution in [0.25, 0.3) is 0 Å². The first-order valence-corrected chi connectivity index (χ1v) is 42.0. The van der Waals surface area contributed by atoms with Crippen LogP contribution in [-0.2, 0) is 65.4 Å². The summed E-state index contributed by atoms with van der Waals surface area (Å²) in [5.74, 6) is -0.518. The van der Waals surface area contributed by atoms with Crippen molar-refractivity contribution in [2.24, 2.45) is 11.8 Å². The Morgan fingerprint density at radius 3 is 0.723 bits per heavy atom. The van der Waals surface area contributed by atoms with Gasteiger partial charge in [-0.3, -0.25) is 37.3 Å². The van der Waals surface area contributed by atoms with Gasteiger partial charge in [0.2, 0.25) is 0 Å². The molecule has 17 nitrogen and oxygen atoms in total. The zero-order valence-electron chi connectivity index (χ0n) is 61.3. The summed E-state index contributed by atoms with van der Waals surface area (Å²) in [6.07, 6.45) is 54.5. The van der Waals surface area contributed by atoms with Crippen LogP contribution in [0.3, 0.4) is 0 Å². The number of hydrogen-bond acceptors (Lipinski definition) is 15. The molecule has 94 heavy (non-hydrogen) atoms. The monoisotopic (exact) mass is 1380 g/mol. The average Bonchev–Trinajstić information content (AvgIpc) is 1.91. The van der Waals surface area contributed by atoms with Gasteiger partial charge in [0, 0.05) is 25.7 Å². The molecule has 5 atom stereocenters. The van der Waals surface area contributed by atoms with E-state index in [1.807, 2.05) is 0 Å². The number of unbranched alkanes of at least 4 members (excludes halogenated alkanes) is 44. The lowest BCUT2D eigenvalue weighted by molar-refractivity contribution is -0.161. The maximum atomic E-state index is 13.1. The standard InChI is InChI=1S/C75H146O17P2/c1-7-9-11-13-14-15-16-23-31-36-41-47-53-59-74(79)91-70(63-85-72(77)57-51-43-12-10-8-2)65-89-93(81,82)87-61-69(76)62-88-94(83,84)90-66-71(64-86-73(78)58-52-46-40-35-30-26-22-21-25-29-34-39-45-50-56-68(5)6)92-75(80)60-54-48-42-37-32-27-20-18-17-19-24-28-33-38-44-49-55-67(3)4/h67-71,76H,7-66H2,1-6H3,(H,81,82)(H,83,84)/t69-,70+,71+/m0/s1. The molecule has 2 unspecified atom stereocenters.